The minimum atomic E-state index is -0.241. The number of anilines is 2. The van der Waals surface area contributed by atoms with E-state index in [4.69, 9.17) is 15.2 Å². The Morgan fingerprint density at radius 3 is 2.81 bits per heavy atom. The highest BCUT2D eigenvalue weighted by molar-refractivity contribution is 6.03. The van der Waals surface area contributed by atoms with Gasteiger partial charge in [-0.1, -0.05) is 6.07 Å². The van der Waals surface area contributed by atoms with Crippen molar-refractivity contribution in [2.24, 2.45) is 0 Å². The fourth-order valence-electron chi connectivity index (χ4n) is 2.48. The number of nitrogens with zero attached hydrogens (tertiary/aromatic N) is 2. The summed E-state index contributed by atoms with van der Waals surface area (Å²) in [5.41, 5.74) is 6.86. The highest BCUT2D eigenvalue weighted by Gasteiger charge is 2.30. The highest BCUT2D eigenvalue weighted by atomic mass is 16.5. The number of para-hydroxylation sites is 1. The van der Waals surface area contributed by atoms with Gasteiger partial charge in [-0.3, -0.25) is 14.5 Å². The number of nitrogen functional groups attached to an aromatic ring is 1. The number of hydrogen-bond acceptors (Lipinski definition) is 5. The molecule has 0 aromatic heterocycles. The molecule has 0 bridgehead atoms. The van der Waals surface area contributed by atoms with Crippen LogP contribution in [0, 0.1) is 0 Å². The van der Waals surface area contributed by atoms with Crippen LogP contribution in [0.3, 0.4) is 0 Å². The Bertz CT molecular complexity index is 569. The van der Waals surface area contributed by atoms with Crippen molar-refractivity contribution in [2.45, 2.75) is 0 Å². The van der Waals surface area contributed by atoms with Crippen molar-refractivity contribution in [3.05, 3.63) is 18.2 Å². The molecule has 2 N–H and O–H groups in total. The number of ether oxygens (including phenoxy) is 2. The fourth-order valence-corrected chi connectivity index (χ4v) is 2.48. The van der Waals surface area contributed by atoms with Crippen LogP contribution in [-0.2, 0) is 14.3 Å². The average Bonchev–Trinajstić information content (AvgIpc) is 2.51. The minimum absolute atomic E-state index is 0.00134. The summed E-state index contributed by atoms with van der Waals surface area (Å²) >= 11 is 0. The Kier molecular flexibility index (Phi) is 3.66. The van der Waals surface area contributed by atoms with Crippen LogP contribution in [0.2, 0.25) is 0 Å². The van der Waals surface area contributed by atoms with E-state index < -0.39 is 0 Å². The highest BCUT2D eigenvalue weighted by Crippen LogP contribution is 2.36. The lowest BCUT2D eigenvalue weighted by molar-refractivity contribution is -0.135. The zero-order chi connectivity index (χ0) is 14.8. The van der Waals surface area contributed by atoms with Gasteiger partial charge in [0.15, 0.2) is 12.4 Å². The van der Waals surface area contributed by atoms with Crippen LogP contribution in [0.5, 0.6) is 5.75 Å². The molecule has 1 fully saturated rings. The molecular weight excluding hydrogens is 274 g/mol. The standard InChI is InChI=1S/C14H17N3O4/c15-10-2-1-3-11-14(10)21-9-13(19)17(11)8-12(18)16-4-6-20-7-5-16/h1-3H,4-9,15H2. The molecule has 1 aromatic rings. The van der Waals surface area contributed by atoms with E-state index in [-0.39, 0.29) is 25.0 Å². The van der Waals surface area contributed by atoms with Crippen LogP contribution in [-0.4, -0.2) is 56.2 Å². The Morgan fingerprint density at radius 1 is 1.29 bits per heavy atom. The van der Waals surface area contributed by atoms with Gasteiger partial charge in [-0.2, -0.15) is 0 Å². The maximum absolute atomic E-state index is 12.3. The molecule has 2 amide bonds. The average molecular weight is 291 g/mol. The van der Waals surface area contributed by atoms with Gasteiger partial charge >= 0.3 is 0 Å². The summed E-state index contributed by atoms with van der Waals surface area (Å²) in [6, 6.07) is 5.17. The summed E-state index contributed by atoms with van der Waals surface area (Å²) in [4.78, 5) is 27.5. The number of nitrogens with two attached hydrogens (primary N) is 1. The third-order valence-corrected chi connectivity index (χ3v) is 3.61. The Morgan fingerprint density at radius 2 is 2.05 bits per heavy atom. The molecule has 2 aliphatic heterocycles. The SMILES string of the molecule is Nc1cccc2c1OCC(=O)N2CC(=O)N1CCOCC1. The van der Waals surface area contributed by atoms with Gasteiger partial charge in [0.05, 0.1) is 24.6 Å². The third kappa shape index (κ3) is 2.64. The predicted octanol–water partition coefficient (Wildman–Crippen LogP) is -0.147. The fraction of sp³-hybridized carbons (Fsp3) is 0.429. The van der Waals surface area contributed by atoms with Gasteiger partial charge in [-0.25, -0.2) is 0 Å². The van der Waals surface area contributed by atoms with Crippen LogP contribution in [0.1, 0.15) is 0 Å². The topological polar surface area (TPSA) is 85.1 Å². The molecule has 0 aliphatic carbocycles. The number of fused-ring (bicyclic) bond motifs is 1. The van der Waals surface area contributed by atoms with Crippen LogP contribution in [0.25, 0.3) is 0 Å². The second-order valence-electron chi connectivity index (χ2n) is 4.96. The molecule has 21 heavy (non-hydrogen) atoms. The van der Waals surface area contributed by atoms with E-state index >= 15 is 0 Å². The van der Waals surface area contributed by atoms with Crippen molar-refractivity contribution < 1.29 is 19.1 Å². The first-order valence-corrected chi connectivity index (χ1v) is 6.84. The Balaban J connectivity index is 1.80. The quantitative estimate of drug-likeness (QED) is 0.766. The van der Waals surface area contributed by atoms with Crippen molar-refractivity contribution in [2.75, 3.05) is 50.1 Å². The maximum atomic E-state index is 12.3. The Hall–Kier alpha value is -2.28. The zero-order valence-electron chi connectivity index (χ0n) is 11.6. The van der Waals surface area contributed by atoms with E-state index in [1.165, 1.54) is 4.90 Å². The summed E-state index contributed by atoms with van der Waals surface area (Å²) in [6.07, 6.45) is 0. The number of morpholine rings is 1. The van der Waals surface area contributed by atoms with E-state index in [9.17, 15) is 9.59 Å². The molecule has 0 spiro atoms. The lowest BCUT2D eigenvalue weighted by Gasteiger charge is -2.33. The van der Waals surface area contributed by atoms with E-state index in [1.807, 2.05) is 0 Å². The first-order valence-electron chi connectivity index (χ1n) is 6.84. The molecule has 0 unspecified atom stereocenters. The first-order chi connectivity index (χ1) is 10.2. The van der Waals surface area contributed by atoms with E-state index in [0.29, 0.717) is 43.4 Å². The van der Waals surface area contributed by atoms with Crippen molar-refractivity contribution >= 4 is 23.2 Å². The molecule has 1 saturated heterocycles. The number of benzene rings is 1. The molecule has 0 atom stereocenters. The molecule has 0 saturated carbocycles. The molecule has 1 aromatic carbocycles. The van der Waals surface area contributed by atoms with E-state index in [0.717, 1.165) is 0 Å². The van der Waals surface area contributed by atoms with Crippen molar-refractivity contribution in [1.82, 2.24) is 4.90 Å². The second kappa shape index (κ2) is 5.61. The summed E-state index contributed by atoms with van der Waals surface area (Å²) in [5, 5.41) is 0. The summed E-state index contributed by atoms with van der Waals surface area (Å²) in [7, 11) is 0. The second-order valence-corrected chi connectivity index (χ2v) is 4.96. The van der Waals surface area contributed by atoms with Crippen LogP contribution < -0.4 is 15.4 Å². The lowest BCUT2D eigenvalue weighted by atomic mass is 10.2. The molecule has 0 radical (unpaired) electrons. The van der Waals surface area contributed by atoms with Gasteiger partial charge in [-0.15, -0.1) is 0 Å². The minimum Gasteiger partial charge on any atom is -0.479 e. The van der Waals surface area contributed by atoms with Crippen LogP contribution >= 0.6 is 0 Å². The summed E-state index contributed by atoms with van der Waals surface area (Å²) in [5.74, 6) is 0.128. The molecule has 2 aliphatic rings. The predicted molar refractivity (Wildman–Crippen MR) is 76.1 cm³/mol. The largest absolute Gasteiger partial charge is 0.479 e. The van der Waals surface area contributed by atoms with Gasteiger partial charge < -0.3 is 20.1 Å². The number of carbonyl (C=O) groups is 2. The zero-order valence-corrected chi connectivity index (χ0v) is 11.6. The normalized spacial score (nSPS) is 18.2. The van der Waals surface area contributed by atoms with Gasteiger partial charge in [0.25, 0.3) is 5.91 Å². The molecule has 112 valence electrons. The molecule has 2 heterocycles. The smallest absolute Gasteiger partial charge is 0.265 e. The Labute approximate surface area is 122 Å². The van der Waals surface area contributed by atoms with E-state index in [1.54, 1.807) is 23.1 Å². The molecular formula is C14H17N3O4. The van der Waals surface area contributed by atoms with Gasteiger partial charge in [0.1, 0.15) is 6.54 Å². The maximum Gasteiger partial charge on any atom is 0.265 e. The molecule has 7 nitrogen and oxygen atoms in total. The third-order valence-electron chi connectivity index (χ3n) is 3.61. The van der Waals surface area contributed by atoms with Gasteiger partial charge in [0, 0.05) is 13.1 Å². The molecule has 3 rings (SSSR count). The van der Waals surface area contributed by atoms with Gasteiger partial charge in [0.2, 0.25) is 5.91 Å². The molecule has 7 heteroatoms. The van der Waals surface area contributed by atoms with Crippen molar-refractivity contribution in [3.63, 3.8) is 0 Å². The number of hydrogen-bond donors (Lipinski definition) is 1. The van der Waals surface area contributed by atoms with Crippen molar-refractivity contribution in [1.29, 1.82) is 0 Å². The summed E-state index contributed by atoms with van der Waals surface area (Å²) < 4.78 is 10.6. The number of amides is 2. The first kappa shape index (κ1) is 13.7. The van der Waals surface area contributed by atoms with Crippen LogP contribution in [0.15, 0.2) is 18.2 Å². The summed E-state index contributed by atoms with van der Waals surface area (Å²) in [6.45, 7) is 2.08. The van der Waals surface area contributed by atoms with E-state index in [2.05, 4.69) is 0 Å². The number of rotatable bonds is 2. The van der Waals surface area contributed by atoms with Gasteiger partial charge in [-0.05, 0) is 12.1 Å². The van der Waals surface area contributed by atoms with Crippen LogP contribution in [0.4, 0.5) is 11.4 Å². The van der Waals surface area contributed by atoms with Crippen molar-refractivity contribution in [3.8, 4) is 5.75 Å². The number of carbonyl (C=O) groups excluding carboxylic acids is 2. The lowest BCUT2D eigenvalue weighted by Crippen LogP contribution is -2.49. The monoisotopic (exact) mass is 291 g/mol.